The summed E-state index contributed by atoms with van der Waals surface area (Å²) in [4.78, 5) is 34.0. The molecule has 2 rings (SSSR count). The van der Waals surface area contributed by atoms with Crippen LogP contribution in [0.4, 0.5) is 11.4 Å². The summed E-state index contributed by atoms with van der Waals surface area (Å²) in [5.74, 6) is -1.92. The standard InChI is InChI=1S/C17H15ClN2O7S/c1-2-28(25,26)15-6-4-3-5-12(15)17(22)27-10-16(21)19-14-8-7-11(20(23)24)9-13(14)18/h3-9H,2,10H2,1H3,(H,19,21). The second-order valence-corrected chi connectivity index (χ2v) is 8.10. The summed E-state index contributed by atoms with van der Waals surface area (Å²) >= 11 is 5.87. The molecule has 9 nitrogen and oxygen atoms in total. The van der Waals surface area contributed by atoms with Gasteiger partial charge in [-0.1, -0.05) is 30.7 Å². The van der Waals surface area contributed by atoms with Gasteiger partial charge in [0, 0.05) is 12.1 Å². The second kappa shape index (κ2) is 8.81. The number of halogens is 1. The number of benzene rings is 2. The van der Waals surface area contributed by atoms with Crippen LogP contribution in [0.25, 0.3) is 0 Å². The van der Waals surface area contributed by atoms with E-state index in [0.29, 0.717) is 0 Å². The molecule has 0 aliphatic rings. The van der Waals surface area contributed by atoms with Gasteiger partial charge in [0.05, 0.1) is 31.8 Å². The number of hydrogen-bond donors (Lipinski definition) is 1. The summed E-state index contributed by atoms with van der Waals surface area (Å²) in [7, 11) is -3.65. The van der Waals surface area contributed by atoms with E-state index in [-0.39, 0.29) is 32.6 Å². The van der Waals surface area contributed by atoms with E-state index in [1.54, 1.807) is 0 Å². The number of ether oxygens (including phenoxy) is 1. The molecule has 0 heterocycles. The Balaban J connectivity index is 2.06. The van der Waals surface area contributed by atoms with Crippen molar-refractivity contribution in [1.82, 2.24) is 0 Å². The lowest BCUT2D eigenvalue weighted by Gasteiger charge is -2.10. The van der Waals surface area contributed by atoms with Gasteiger partial charge < -0.3 is 10.1 Å². The van der Waals surface area contributed by atoms with Crippen molar-refractivity contribution in [3.05, 3.63) is 63.2 Å². The summed E-state index contributed by atoms with van der Waals surface area (Å²) in [5, 5.41) is 13.0. The molecular weight excluding hydrogens is 412 g/mol. The molecule has 0 bridgehead atoms. The first-order valence-electron chi connectivity index (χ1n) is 7.88. The Bertz CT molecular complexity index is 1040. The van der Waals surface area contributed by atoms with E-state index in [1.807, 2.05) is 0 Å². The monoisotopic (exact) mass is 426 g/mol. The Hall–Kier alpha value is -2.98. The zero-order valence-corrected chi connectivity index (χ0v) is 16.1. The predicted molar refractivity (Wildman–Crippen MR) is 101 cm³/mol. The summed E-state index contributed by atoms with van der Waals surface area (Å²) in [5.41, 5.74) is -0.323. The minimum atomic E-state index is -3.65. The highest BCUT2D eigenvalue weighted by molar-refractivity contribution is 7.91. The van der Waals surface area contributed by atoms with Crippen molar-refractivity contribution in [2.45, 2.75) is 11.8 Å². The Morgan fingerprint density at radius 3 is 2.50 bits per heavy atom. The Kier molecular flexibility index (Phi) is 6.71. The first kappa shape index (κ1) is 21.3. The van der Waals surface area contributed by atoms with Crippen LogP contribution in [0.1, 0.15) is 17.3 Å². The van der Waals surface area contributed by atoms with Crippen molar-refractivity contribution in [2.24, 2.45) is 0 Å². The van der Waals surface area contributed by atoms with Crippen LogP contribution >= 0.6 is 11.6 Å². The Morgan fingerprint density at radius 2 is 1.89 bits per heavy atom. The maximum Gasteiger partial charge on any atom is 0.339 e. The third-order valence-corrected chi connectivity index (χ3v) is 5.69. The highest BCUT2D eigenvalue weighted by atomic mass is 35.5. The van der Waals surface area contributed by atoms with Crippen LogP contribution in [0.5, 0.6) is 0 Å². The molecule has 0 atom stereocenters. The number of nitrogens with zero attached hydrogens (tertiary/aromatic N) is 1. The van der Waals surface area contributed by atoms with E-state index in [0.717, 1.165) is 12.1 Å². The number of sulfone groups is 1. The average Bonchev–Trinajstić information content (AvgIpc) is 2.67. The molecule has 28 heavy (non-hydrogen) atoms. The van der Waals surface area contributed by atoms with Gasteiger partial charge in [0.1, 0.15) is 0 Å². The number of carbonyl (C=O) groups is 2. The summed E-state index contributed by atoms with van der Waals surface area (Å²) in [6.45, 7) is 0.742. The zero-order chi connectivity index (χ0) is 20.9. The third-order valence-electron chi connectivity index (χ3n) is 3.59. The van der Waals surface area contributed by atoms with Crippen molar-refractivity contribution < 1.29 is 27.7 Å². The predicted octanol–water partition coefficient (Wildman–Crippen LogP) is 2.84. The van der Waals surface area contributed by atoms with E-state index in [9.17, 15) is 28.1 Å². The number of rotatable bonds is 7. The number of amides is 1. The number of anilines is 1. The van der Waals surface area contributed by atoms with Crippen LogP contribution in [0.15, 0.2) is 47.4 Å². The summed E-state index contributed by atoms with van der Waals surface area (Å²) in [6.07, 6.45) is 0. The molecule has 1 N–H and O–H groups in total. The number of carbonyl (C=O) groups excluding carboxylic acids is 2. The quantitative estimate of drug-likeness (QED) is 0.408. The molecule has 0 aliphatic heterocycles. The maximum atomic E-state index is 12.2. The number of nitro benzene ring substituents is 1. The number of nitro groups is 1. The third kappa shape index (κ3) is 5.05. The number of nitrogens with one attached hydrogen (secondary N) is 1. The molecule has 2 aromatic carbocycles. The highest BCUT2D eigenvalue weighted by Crippen LogP contribution is 2.26. The van der Waals surface area contributed by atoms with Crippen LogP contribution in [0.3, 0.4) is 0 Å². The summed E-state index contributed by atoms with van der Waals surface area (Å²) in [6, 6.07) is 8.98. The van der Waals surface area contributed by atoms with Crippen LogP contribution in [0, 0.1) is 10.1 Å². The van der Waals surface area contributed by atoms with Crippen molar-refractivity contribution in [3.63, 3.8) is 0 Å². The van der Waals surface area contributed by atoms with Crippen LogP contribution < -0.4 is 5.32 Å². The zero-order valence-electron chi connectivity index (χ0n) is 14.5. The van der Waals surface area contributed by atoms with Crippen molar-refractivity contribution in [2.75, 3.05) is 17.7 Å². The molecule has 0 unspecified atom stereocenters. The molecule has 0 fully saturated rings. The molecule has 0 aliphatic carbocycles. The smallest absolute Gasteiger partial charge is 0.339 e. The Labute approximate surface area is 165 Å². The SMILES string of the molecule is CCS(=O)(=O)c1ccccc1C(=O)OCC(=O)Nc1ccc([N+](=O)[O-])cc1Cl. The van der Waals surface area contributed by atoms with Gasteiger partial charge in [0.15, 0.2) is 16.4 Å². The van der Waals surface area contributed by atoms with E-state index < -0.39 is 33.2 Å². The fraction of sp³-hybridized carbons (Fsp3) is 0.176. The molecule has 1 amide bonds. The number of esters is 1. The van der Waals surface area contributed by atoms with Gasteiger partial charge in [-0.15, -0.1) is 0 Å². The lowest BCUT2D eigenvalue weighted by atomic mass is 10.2. The lowest BCUT2D eigenvalue weighted by Crippen LogP contribution is -2.22. The van der Waals surface area contributed by atoms with Gasteiger partial charge in [-0.2, -0.15) is 0 Å². The van der Waals surface area contributed by atoms with Gasteiger partial charge in [-0.05, 0) is 18.2 Å². The molecular formula is C17H15ClN2O7S. The van der Waals surface area contributed by atoms with Crippen LogP contribution in [-0.4, -0.2) is 37.6 Å². The molecule has 0 saturated carbocycles. The van der Waals surface area contributed by atoms with Crippen molar-refractivity contribution >= 4 is 44.7 Å². The minimum absolute atomic E-state index is 0.0618. The van der Waals surface area contributed by atoms with E-state index in [1.165, 1.54) is 37.3 Å². The fourth-order valence-electron chi connectivity index (χ4n) is 2.18. The first-order chi connectivity index (χ1) is 13.2. The topological polar surface area (TPSA) is 133 Å². The molecule has 0 aromatic heterocycles. The largest absolute Gasteiger partial charge is 0.452 e. The summed E-state index contributed by atoms with van der Waals surface area (Å²) < 4.78 is 29.0. The molecule has 11 heteroatoms. The van der Waals surface area contributed by atoms with Crippen molar-refractivity contribution in [3.8, 4) is 0 Å². The first-order valence-corrected chi connectivity index (χ1v) is 9.91. The molecule has 0 spiro atoms. The van der Waals surface area contributed by atoms with Crippen molar-refractivity contribution in [1.29, 1.82) is 0 Å². The molecule has 0 saturated heterocycles. The second-order valence-electron chi connectivity index (χ2n) is 5.45. The van der Waals surface area contributed by atoms with E-state index in [4.69, 9.17) is 16.3 Å². The molecule has 148 valence electrons. The van der Waals surface area contributed by atoms with Gasteiger partial charge in [-0.25, -0.2) is 13.2 Å². The Morgan fingerprint density at radius 1 is 1.21 bits per heavy atom. The fourth-order valence-corrected chi connectivity index (χ4v) is 3.48. The minimum Gasteiger partial charge on any atom is -0.452 e. The van der Waals surface area contributed by atoms with Crippen LogP contribution in [-0.2, 0) is 19.4 Å². The van der Waals surface area contributed by atoms with Gasteiger partial charge in [0.25, 0.3) is 11.6 Å². The van der Waals surface area contributed by atoms with Gasteiger partial charge in [0.2, 0.25) is 0 Å². The van der Waals surface area contributed by atoms with E-state index in [2.05, 4.69) is 5.32 Å². The molecule has 2 aromatic rings. The van der Waals surface area contributed by atoms with Gasteiger partial charge >= 0.3 is 5.97 Å². The maximum absolute atomic E-state index is 12.2. The number of hydrogen-bond acceptors (Lipinski definition) is 7. The normalized spacial score (nSPS) is 10.9. The average molecular weight is 427 g/mol. The number of non-ortho nitro benzene ring substituents is 1. The molecule has 0 radical (unpaired) electrons. The van der Waals surface area contributed by atoms with Crippen LogP contribution in [0.2, 0.25) is 5.02 Å². The van der Waals surface area contributed by atoms with Gasteiger partial charge in [-0.3, -0.25) is 14.9 Å². The highest BCUT2D eigenvalue weighted by Gasteiger charge is 2.22. The van der Waals surface area contributed by atoms with E-state index >= 15 is 0 Å². The lowest BCUT2D eigenvalue weighted by molar-refractivity contribution is -0.384.